The lowest BCUT2D eigenvalue weighted by atomic mass is 10.0. The molecule has 4 nitrogen and oxygen atoms in total. The summed E-state index contributed by atoms with van der Waals surface area (Å²) in [5.41, 5.74) is 0.941. The van der Waals surface area contributed by atoms with Gasteiger partial charge in [0.05, 0.1) is 0 Å². The van der Waals surface area contributed by atoms with Crippen molar-refractivity contribution in [1.29, 1.82) is 0 Å². The average Bonchev–Trinajstić information content (AvgIpc) is 2.86. The number of benzene rings is 1. The number of amides is 1. The highest BCUT2D eigenvalue weighted by Crippen LogP contribution is 2.26. The van der Waals surface area contributed by atoms with Crippen LogP contribution in [0.15, 0.2) is 40.8 Å². The van der Waals surface area contributed by atoms with E-state index in [0.717, 1.165) is 0 Å². The highest BCUT2D eigenvalue weighted by atomic mass is 16.4. The van der Waals surface area contributed by atoms with Crippen molar-refractivity contribution < 1.29 is 14.0 Å². The molecule has 110 valence electrons. The first-order valence-corrected chi connectivity index (χ1v) is 6.80. The van der Waals surface area contributed by atoms with Crippen molar-refractivity contribution >= 4 is 11.7 Å². The smallest absolute Gasteiger partial charge is 0.287 e. The third-order valence-electron chi connectivity index (χ3n) is 2.89. The number of Topliss-reactive ketones (excluding diaryl/α,β-unsaturated/α-hetero) is 1. The summed E-state index contributed by atoms with van der Waals surface area (Å²) >= 11 is 0. The summed E-state index contributed by atoms with van der Waals surface area (Å²) in [6, 6.07) is 10.5. The minimum atomic E-state index is -0.332. The van der Waals surface area contributed by atoms with Crippen LogP contribution in [-0.4, -0.2) is 17.2 Å². The Morgan fingerprint density at radius 2 is 1.71 bits per heavy atom. The zero-order chi connectivity index (χ0) is 15.6. The fraction of sp³-hybridized carbons (Fsp3) is 0.294. The molecular weight excluding hydrogens is 266 g/mol. The molecule has 1 N–H and O–H groups in total. The van der Waals surface area contributed by atoms with Crippen LogP contribution >= 0.6 is 0 Å². The molecule has 4 heteroatoms. The molecular formula is C17H19NO3. The lowest BCUT2D eigenvalue weighted by molar-refractivity contribution is 0.0891. The van der Waals surface area contributed by atoms with E-state index in [2.05, 4.69) is 5.32 Å². The highest BCUT2D eigenvalue weighted by Gasteiger charge is 2.19. The number of nitrogens with one attached hydrogen (secondary N) is 1. The fourth-order valence-electron chi connectivity index (χ4n) is 2.01. The van der Waals surface area contributed by atoms with Gasteiger partial charge in [0.15, 0.2) is 11.5 Å². The maximum atomic E-state index is 12.1. The molecule has 0 saturated heterocycles. The van der Waals surface area contributed by atoms with E-state index in [0.29, 0.717) is 16.9 Å². The normalized spacial score (nSPS) is 11.2. The summed E-state index contributed by atoms with van der Waals surface area (Å²) in [6.07, 6.45) is 0. The third-order valence-corrected chi connectivity index (χ3v) is 2.89. The van der Waals surface area contributed by atoms with Crippen LogP contribution in [0.4, 0.5) is 0 Å². The molecule has 0 fully saturated rings. The lowest BCUT2D eigenvalue weighted by Gasteiger charge is -2.19. The first kappa shape index (κ1) is 15.0. The zero-order valence-corrected chi connectivity index (χ0v) is 12.7. The molecule has 21 heavy (non-hydrogen) atoms. The number of carbonyl (C=O) groups is 2. The second-order valence-electron chi connectivity index (χ2n) is 5.97. The Kier molecular flexibility index (Phi) is 3.98. The van der Waals surface area contributed by atoms with E-state index in [4.69, 9.17) is 4.42 Å². The molecule has 1 amide bonds. The minimum Gasteiger partial charge on any atom is -0.451 e. The number of furan rings is 1. The Bertz CT molecular complexity index is 677. The average molecular weight is 285 g/mol. The maximum Gasteiger partial charge on any atom is 0.287 e. The van der Waals surface area contributed by atoms with Crippen molar-refractivity contribution in [2.75, 3.05) is 0 Å². The van der Waals surface area contributed by atoms with E-state index < -0.39 is 0 Å². The molecule has 1 aromatic heterocycles. The first-order valence-electron chi connectivity index (χ1n) is 6.80. The van der Waals surface area contributed by atoms with Crippen molar-refractivity contribution in [3.63, 3.8) is 0 Å². The Hall–Kier alpha value is -2.36. The summed E-state index contributed by atoms with van der Waals surface area (Å²) in [6.45, 7) is 7.22. The van der Waals surface area contributed by atoms with Gasteiger partial charge in [0, 0.05) is 16.7 Å². The molecule has 0 unspecified atom stereocenters. The Labute approximate surface area is 124 Å². The molecule has 0 aliphatic carbocycles. The zero-order valence-electron chi connectivity index (χ0n) is 12.7. The number of rotatable bonds is 3. The van der Waals surface area contributed by atoms with Gasteiger partial charge >= 0.3 is 0 Å². The molecule has 0 saturated carbocycles. The van der Waals surface area contributed by atoms with Crippen molar-refractivity contribution in [2.45, 2.75) is 33.2 Å². The molecule has 0 aliphatic rings. The summed E-state index contributed by atoms with van der Waals surface area (Å²) in [5, 5.41) is 2.84. The number of hydrogen-bond donors (Lipinski definition) is 1. The molecule has 1 heterocycles. The number of hydrogen-bond acceptors (Lipinski definition) is 3. The van der Waals surface area contributed by atoms with Crippen LogP contribution < -0.4 is 5.32 Å². The summed E-state index contributed by atoms with van der Waals surface area (Å²) < 4.78 is 5.60. The Balaban J connectivity index is 2.33. The van der Waals surface area contributed by atoms with E-state index in [1.54, 1.807) is 30.3 Å². The van der Waals surface area contributed by atoms with Gasteiger partial charge < -0.3 is 9.73 Å². The maximum absolute atomic E-state index is 12.1. The monoisotopic (exact) mass is 285 g/mol. The van der Waals surface area contributed by atoms with Gasteiger partial charge in [-0.2, -0.15) is 0 Å². The van der Waals surface area contributed by atoms with Crippen molar-refractivity contribution in [1.82, 2.24) is 5.32 Å². The van der Waals surface area contributed by atoms with Gasteiger partial charge in [0.2, 0.25) is 0 Å². The second-order valence-corrected chi connectivity index (χ2v) is 5.97. The van der Waals surface area contributed by atoms with Crippen LogP contribution in [0.1, 0.15) is 48.6 Å². The first-order chi connectivity index (χ1) is 9.78. The largest absolute Gasteiger partial charge is 0.451 e. The number of carbonyl (C=O) groups excluding carboxylic acids is 2. The minimum absolute atomic E-state index is 0.0392. The van der Waals surface area contributed by atoms with E-state index in [1.165, 1.54) is 6.92 Å². The SMILES string of the molecule is CC(=O)c1ccccc1-c1ccc(C(=O)NC(C)(C)C)o1. The molecule has 2 rings (SSSR count). The van der Waals surface area contributed by atoms with E-state index in [9.17, 15) is 9.59 Å². The van der Waals surface area contributed by atoms with Gasteiger partial charge in [-0.1, -0.05) is 24.3 Å². The van der Waals surface area contributed by atoms with Gasteiger partial charge in [-0.25, -0.2) is 0 Å². The molecule has 0 aliphatic heterocycles. The van der Waals surface area contributed by atoms with E-state index in [-0.39, 0.29) is 23.0 Å². The van der Waals surface area contributed by atoms with Gasteiger partial charge in [-0.3, -0.25) is 9.59 Å². The highest BCUT2D eigenvalue weighted by molar-refractivity contribution is 6.00. The molecule has 0 radical (unpaired) electrons. The van der Waals surface area contributed by atoms with Crippen molar-refractivity contribution in [3.05, 3.63) is 47.7 Å². The molecule has 0 spiro atoms. The third kappa shape index (κ3) is 3.60. The van der Waals surface area contributed by atoms with Crippen LogP contribution in [-0.2, 0) is 0 Å². The Morgan fingerprint density at radius 3 is 2.33 bits per heavy atom. The fourth-order valence-corrected chi connectivity index (χ4v) is 2.01. The van der Waals surface area contributed by atoms with Gasteiger partial charge in [-0.15, -0.1) is 0 Å². The van der Waals surface area contributed by atoms with Crippen LogP contribution in [0.5, 0.6) is 0 Å². The molecule has 0 bridgehead atoms. The predicted molar refractivity (Wildman–Crippen MR) is 81.4 cm³/mol. The van der Waals surface area contributed by atoms with Gasteiger partial charge in [-0.05, 0) is 39.8 Å². The Morgan fingerprint density at radius 1 is 1.05 bits per heavy atom. The van der Waals surface area contributed by atoms with Crippen molar-refractivity contribution in [2.24, 2.45) is 0 Å². The van der Waals surface area contributed by atoms with E-state index >= 15 is 0 Å². The quantitative estimate of drug-likeness (QED) is 0.875. The lowest BCUT2D eigenvalue weighted by Crippen LogP contribution is -2.40. The summed E-state index contributed by atoms with van der Waals surface area (Å²) in [7, 11) is 0. The van der Waals surface area contributed by atoms with Crippen LogP contribution in [0.25, 0.3) is 11.3 Å². The van der Waals surface area contributed by atoms with Crippen LogP contribution in [0.3, 0.4) is 0 Å². The van der Waals surface area contributed by atoms with E-state index in [1.807, 2.05) is 26.8 Å². The standard InChI is InChI=1S/C17H19NO3/c1-11(19)12-7-5-6-8-13(12)14-9-10-15(21-14)16(20)18-17(2,3)4/h5-10H,1-4H3,(H,18,20). The molecule has 0 atom stereocenters. The molecule has 1 aromatic carbocycles. The van der Waals surface area contributed by atoms with Gasteiger partial charge in [0.1, 0.15) is 5.76 Å². The molecule has 2 aromatic rings. The second kappa shape index (κ2) is 5.56. The summed E-state index contributed by atoms with van der Waals surface area (Å²) in [5.74, 6) is 0.440. The van der Waals surface area contributed by atoms with Crippen LogP contribution in [0.2, 0.25) is 0 Å². The van der Waals surface area contributed by atoms with Gasteiger partial charge in [0.25, 0.3) is 5.91 Å². The topological polar surface area (TPSA) is 59.3 Å². The van der Waals surface area contributed by atoms with Crippen LogP contribution in [0, 0.1) is 0 Å². The van der Waals surface area contributed by atoms with Crippen molar-refractivity contribution in [3.8, 4) is 11.3 Å². The predicted octanol–water partition coefficient (Wildman–Crippen LogP) is 3.68. The number of ketones is 1. The summed E-state index contributed by atoms with van der Waals surface area (Å²) in [4.78, 5) is 23.7.